The number of hydrogen-bond donors (Lipinski definition) is 1. The highest BCUT2D eigenvalue weighted by Gasteiger charge is 2.19. The number of piperidine rings is 1. The van der Waals surface area contributed by atoms with Gasteiger partial charge in [-0.25, -0.2) is 9.78 Å². The standard InChI is InChI=1S/C19H21N3O3/c1-25-19(24)15-7-3-4-8-16(15)21-14-9-10-17(20-13-14)18(23)22-11-5-2-6-12-22/h3-4,7-10,13,21H,2,5-6,11-12H2,1H3. The van der Waals surface area contributed by atoms with Crippen LogP contribution in [0.1, 0.15) is 40.1 Å². The fourth-order valence-electron chi connectivity index (χ4n) is 2.89. The van der Waals surface area contributed by atoms with Crippen LogP contribution in [0.5, 0.6) is 0 Å². The summed E-state index contributed by atoms with van der Waals surface area (Å²) in [6.45, 7) is 1.60. The van der Waals surface area contributed by atoms with E-state index in [0.717, 1.165) is 25.9 Å². The van der Waals surface area contributed by atoms with Crippen molar-refractivity contribution in [3.63, 3.8) is 0 Å². The molecule has 1 aliphatic heterocycles. The van der Waals surface area contributed by atoms with Gasteiger partial charge in [0.15, 0.2) is 0 Å². The van der Waals surface area contributed by atoms with Crippen molar-refractivity contribution in [2.75, 3.05) is 25.5 Å². The minimum absolute atomic E-state index is 0.0267. The number of nitrogens with zero attached hydrogens (tertiary/aromatic N) is 2. The lowest BCUT2D eigenvalue weighted by Crippen LogP contribution is -2.36. The van der Waals surface area contributed by atoms with Gasteiger partial charge in [0.25, 0.3) is 5.91 Å². The highest BCUT2D eigenvalue weighted by molar-refractivity contribution is 5.96. The lowest BCUT2D eigenvalue weighted by atomic mass is 10.1. The maximum atomic E-state index is 12.4. The van der Waals surface area contributed by atoms with Gasteiger partial charge in [0, 0.05) is 13.1 Å². The van der Waals surface area contributed by atoms with Crippen LogP contribution in [0.2, 0.25) is 0 Å². The van der Waals surface area contributed by atoms with Crippen LogP contribution in [0.3, 0.4) is 0 Å². The minimum Gasteiger partial charge on any atom is -0.465 e. The number of esters is 1. The van der Waals surface area contributed by atoms with Crippen molar-refractivity contribution in [2.45, 2.75) is 19.3 Å². The van der Waals surface area contributed by atoms with Crippen LogP contribution in [0, 0.1) is 0 Å². The molecule has 130 valence electrons. The molecule has 1 amide bonds. The number of ether oxygens (including phenoxy) is 1. The third kappa shape index (κ3) is 3.96. The first kappa shape index (κ1) is 17.0. The molecule has 0 bridgehead atoms. The molecule has 0 aliphatic carbocycles. The van der Waals surface area contributed by atoms with Crippen molar-refractivity contribution in [1.82, 2.24) is 9.88 Å². The number of nitrogens with one attached hydrogen (secondary N) is 1. The van der Waals surface area contributed by atoms with Crippen LogP contribution < -0.4 is 5.32 Å². The molecule has 1 saturated heterocycles. The first-order chi connectivity index (χ1) is 12.2. The number of para-hydroxylation sites is 1. The molecule has 0 radical (unpaired) electrons. The van der Waals surface area contributed by atoms with Crippen LogP contribution in [-0.4, -0.2) is 42.0 Å². The van der Waals surface area contributed by atoms with Gasteiger partial charge in [-0.1, -0.05) is 12.1 Å². The summed E-state index contributed by atoms with van der Waals surface area (Å²) in [5, 5.41) is 3.15. The molecular formula is C19H21N3O3. The zero-order chi connectivity index (χ0) is 17.6. The molecule has 2 aromatic rings. The lowest BCUT2D eigenvalue weighted by molar-refractivity contribution is 0.0601. The van der Waals surface area contributed by atoms with Crippen molar-refractivity contribution in [3.8, 4) is 0 Å². The summed E-state index contributed by atoms with van der Waals surface area (Å²) >= 11 is 0. The second-order valence-electron chi connectivity index (χ2n) is 5.95. The van der Waals surface area contributed by atoms with Crippen LogP contribution in [0.15, 0.2) is 42.6 Å². The van der Waals surface area contributed by atoms with E-state index in [9.17, 15) is 9.59 Å². The van der Waals surface area contributed by atoms with Crippen LogP contribution >= 0.6 is 0 Å². The summed E-state index contributed by atoms with van der Waals surface area (Å²) in [6.07, 6.45) is 4.89. The number of hydrogen-bond acceptors (Lipinski definition) is 5. The summed E-state index contributed by atoms with van der Waals surface area (Å²) in [7, 11) is 1.35. The minimum atomic E-state index is -0.409. The molecule has 3 rings (SSSR count). The van der Waals surface area contributed by atoms with E-state index in [1.165, 1.54) is 13.5 Å². The molecule has 1 fully saturated rings. The smallest absolute Gasteiger partial charge is 0.339 e. The van der Waals surface area contributed by atoms with Crippen molar-refractivity contribution in [1.29, 1.82) is 0 Å². The Morgan fingerprint density at radius 3 is 2.52 bits per heavy atom. The largest absolute Gasteiger partial charge is 0.465 e. The van der Waals surface area contributed by atoms with Gasteiger partial charge < -0.3 is 15.0 Å². The highest BCUT2D eigenvalue weighted by atomic mass is 16.5. The van der Waals surface area contributed by atoms with E-state index in [0.29, 0.717) is 22.6 Å². The molecule has 0 spiro atoms. The van der Waals surface area contributed by atoms with Crippen molar-refractivity contribution in [2.24, 2.45) is 0 Å². The van der Waals surface area contributed by atoms with Crippen molar-refractivity contribution < 1.29 is 14.3 Å². The molecule has 1 aromatic heterocycles. The van der Waals surface area contributed by atoms with Crippen LogP contribution in [-0.2, 0) is 4.74 Å². The van der Waals surface area contributed by atoms with E-state index in [4.69, 9.17) is 4.74 Å². The van der Waals surface area contributed by atoms with E-state index in [2.05, 4.69) is 10.3 Å². The summed E-state index contributed by atoms with van der Waals surface area (Å²) in [6, 6.07) is 10.6. The predicted octanol–water partition coefficient (Wildman–Crippen LogP) is 3.24. The second-order valence-corrected chi connectivity index (χ2v) is 5.95. The zero-order valence-electron chi connectivity index (χ0n) is 14.2. The molecule has 0 unspecified atom stereocenters. The van der Waals surface area contributed by atoms with Gasteiger partial charge in [-0.2, -0.15) is 0 Å². The predicted molar refractivity (Wildman–Crippen MR) is 95.1 cm³/mol. The SMILES string of the molecule is COC(=O)c1ccccc1Nc1ccc(C(=O)N2CCCCC2)nc1. The van der Waals surface area contributed by atoms with E-state index in [-0.39, 0.29) is 5.91 Å². The molecule has 1 N–H and O–H groups in total. The first-order valence-electron chi connectivity index (χ1n) is 8.39. The maximum Gasteiger partial charge on any atom is 0.339 e. The number of pyridine rings is 1. The fraction of sp³-hybridized carbons (Fsp3) is 0.316. The fourth-order valence-corrected chi connectivity index (χ4v) is 2.89. The van der Waals surface area contributed by atoms with Crippen molar-refractivity contribution >= 4 is 23.3 Å². The zero-order valence-corrected chi connectivity index (χ0v) is 14.2. The van der Waals surface area contributed by atoms with Gasteiger partial charge in [-0.15, -0.1) is 0 Å². The number of amides is 1. The van der Waals surface area contributed by atoms with Gasteiger partial charge in [0.05, 0.1) is 30.2 Å². The molecule has 25 heavy (non-hydrogen) atoms. The maximum absolute atomic E-state index is 12.4. The third-order valence-corrected chi connectivity index (χ3v) is 4.24. The van der Waals surface area contributed by atoms with Crippen LogP contribution in [0.25, 0.3) is 0 Å². The van der Waals surface area contributed by atoms with E-state index in [1.807, 2.05) is 11.0 Å². The van der Waals surface area contributed by atoms with Gasteiger partial charge in [0.2, 0.25) is 0 Å². The monoisotopic (exact) mass is 339 g/mol. The quantitative estimate of drug-likeness (QED) is 0.866. The van der Waals surface area contributed by atoms with Gasteiger partial charge >= 0.3 is 5.97 Å². The molecule has 0 saturated carbocycles. The topological polar surface area (TPSA) is 71.5 Å². The lowest BCUT2D eigenvalue weighted by Gasteiger charge is -2.26. The molecule has 1 aromatic carbocycles. The number of rotatable bonds is 4. The van der Waals surface area contributed by atoms with E-state index >= 15 is 0 Å². The first-order valence-corrected chi connectivity index (χ1v) is 8.39. The molecule has 2 heterocycles. The summed E-state index contributed by atoms with van der Waals surface area (Å²) in [5.74, 6) is -0.436. The number of aromatic nitrogens is 1. The molecular weight excluding hydrogens is 318 g/mol. The van der Waals surface area contributed by atoms with Gasteiger partial charge in [-0.3, -0.25) is 4.79 Å². The van der Waals surface area contributed by atoms with E-state index < -0.39 is 5.97 Å². The normalized spacial score (nSPS) is 14.0. The average Bonchev–Trinajstić information content (AvgIpc) is 2.68. The number of anilines is 2. The molecule has 0 atom stereocenters. The van der Waals surface area contributed by atoms with E-state index in [1.54, 1.807) is 36.5 Å². The number of likely N-dealkylation sites (tertiary alicyclic amines) is 1. The highest BCUT2D eigenvalue weighted by Crippen LogP contribution is 2.21. The number of methoxy groups -OCH3 is 1. The summed E-state index contributed by atoms with van der Waals surface area (Å²) in [5.41, 5.74) is 2.21. The van der Waals surface area contributed by atoms with Gasteiger partial charge in [-0.05, 0) is 43.5 Å². The van der Waals surface area contributed by atoms with Crippen LogP contribution in [0.4, 0.5) is 11.4 Å². The Bertz CT molecular complexity index is 753. The Kier molecular flexibility index (Phi) is 5.28. The van der Waals surface area contributed by atoms with Gasteiger partial charge in [0.1, 0.15) is 5.69 Å². The molecule has 1 aliphatic rings. The summed E-state index contributed by atoms with van der Waals surface area (Å²) in [4.78, 5) is 30.4. The Balaban J connectivity index is 1.73. The number of benzene rings is 1. The number of carbonyl (C=O) groups excluding carboxylic acids is 2. The third-order valence-electron chi connectivity index (χ3n) is 4.24. The number of carbonyl (C=O) groups is 2. The Hall–Kier alpha value is -2.89. The summed E-state index contributed by atoms with van der Waals surface area (Å²) < 4.78 is 4.79. The second kappa shape index (κ2) is 7.79. The Labute approximate surface area is 146 Å². The Morgan fingerprint density at radius 1 is 1.08 bits per heavy atom. The average molecular weight is 339 g/mol. The molecule has 6 heteroatoms. The molecule has 6 nitrogen and oxygen atoms in total. The van der Waals surface area contributed by atoms with Crippen molar-refractivity contribution in [3.05, 3.63) is 53.9 Å². The Morgan fingerprint density at radius 2 is 1.84 bits per heavy atom.